The number of halogens is 2. The predicted molar refractivity (Wildman–Crippen MR) is 70.0 cm³/mol. The highest BCUT2D eigenvalue weighted by atomic mass is 79.9. The third kappa shape index (κ3) is 4.55. The van der Waals surface area contributed by atoms with Crippen molar-refractivity contribution in [1.82, 2.24) is 5.32 Å². The van der Waals surface area contributed by atoms with Crippen molar-refractivity contribution < 1.29 is 13.4 Å². The van der Waals surface area contributed by atoms with E-state index in [1.54, 1.807) is 0 Å². The molecule has 0 fully saturated rings. The Morgan fingerprint density at radius 2 is 2.24 bits per heavy atom. The molecule has 94 valence electrons. The van der Waals surface area contributed by atoms with Crippen LogP contribution >= 0.6 is 15.9 Å². The first-order valence-corrected chi connectivity index (χ1v) is 7.41. The van der Waals surface area contributed by atoms with Crippen LogP contribution in [0.15, 0.2) is 22.7 Å². The van der Waals surface area contributed by atoms with E-state index in [9.17, 15) is 13.4 Å². The van der Waals surface area contributed by atoms with E-state index < -0.39 is 16.6 Å². The van der Waals surface area contributed by atoms with Gasteiger partial charge < -0.3 is 5.32 Å². The summed E-state index contributed by atoms with van der Waals surface area (Å²) in [6.07, 6.45) is 0. The van der Waals surface area contributed by atoms with Crippen LogP contribution in [-0.4, -0.2) is 28.2 Å². The van der Waals surface area contributed by atoms with Crippen molar-refractivity contribution in [2.45, 2.75) is 6.92 Å². The first-order chi connectivity index (χ1) is 8.04. The van der Waals surface area contributed by atoms with Gasteiger partial charge in [-0.2, -0.15) is 0 Å². The molecule has 1 atom stereocenters. The Labute approximate surface area is 110 Å². The highest BCUT2D eigenvalue weighted by Crippen LogP contribution is 2.17. The molecule has 0 spiro atoms. The zero-order valence-electron chi connectivity index (χ0n) is 9.33. The largest absolute Gasteiger partial charge is 0.351 e. The molecular weight excluding hydrogens is 309 g/mol. The summed E-state index contributed by atoms with van der Waals surface area (Å²) in [5.74, 6) is 0.308. The van der Waals surface area contributed by atoms with E-state index >= 15 is 0 Å². The molecule has 17 heavy (non-hydrogen) atoms. The lowest BCUT2D eigenvalue weighted by Gasteiger charge is -2.06. The number of hydrogen-bond donors (Lipinski definition) is 1. The Balaban J connectivity index is 2.55. The van der Waals surface area contributed by atoms with Gasteiger partial charge in [-0.1, -0.05) is 6.92 Å². The summed E-state index contributed by atoms with van der Waals surface area (Å²) in [6, 6.07) is 3.87. The summed E-state index contributed by atoms with van der Waals surface area (Å²) < 4.78 is 24.4. The third-order valence-electron chi connectivity index (χ3n) is 2.11. The van der Waals surface area contributed by atoms with Gasteiger partial charge in [0, 0.05) is 33.3 Å². The van der Waals surface area contributed by atoms with Crippen LogP contribution in [-0.2, 0) is 10.8 Å². The van der Waals surface area contributed by atoms with Crippen LogP contribution in [0.5, 0.6) is 0 Å². The molecule has 1 amide bonds. The van der Waals surface area contributed by atoms with Crippen molar-refractivity contribution in [3.05, 3.63) is 34.1 Å². The second-order valence-electron chi connectivity index (χ2n) is 3.31. The van der Waals surface area contributed by atoms with Crippen molar-refractivity contribution in [3.8, 4) is 0 Å². The third-order valence-corrected chi connectivity index (χ3v) is 4.07. The fourth-order valence-electron chi connectivity index (χ4n) is 1.19. The molecule has 3 nitrogen and oxygen atoms in total. The second kappa shape index (κ2) is 6.86. The number of nitrogens with one attached hydrogen (secondary N) is 1. The molecule has 0 aliphatic heterocycles. The zero-order chi connectivity index (χ0) is 12.8. The number of carbonyl (C=O) groups is 1. The van der Waals surface area contributed by atoms with Crippen molar-refractivity contribution in [2.75, 3.05) is 18.1 Å². The van der Waals surface area contributed by atoms with Gasteiger partial charge in [0.15, 0.2) is 0 Å². The topological polar surface area (TPSA) is 46.2 Å². The first-order valence-electron chi connectivity index (χ1n) is 5.12. The quantitative estimate of drug-likeness (QED) is 0.902. The molecule has 1 aromatic rings. The summed E-state index contributed by atoms with van der Waals surface area (Å²) in [5, 5.41) is 2.64. The maximum atomic E-state index is 12.8. The van der Waals surface area contributed by atoms with Crippen molar-refractivity contribution in [3.63, 3.8) is 0 Å². The summed E-state index contributed by atoms with van der Waals surface area (Å²) in [5.41, 5.74) is 0.369. The van der Waals surface area contributed by atoms with E-state index in [-0.39, 0.29) is 5.91 Å². The number of carbonyl (C=O) groups excluding carboxylic acids is 1. The average molecular weight is 322 g/mol. The van der Waals surface area contributed by atoms with E-state index in [2.05, 4.69) is 21.2 Å². The smallest absolute Gasteiger partial charge is 0.252 e. The molecular formula is C11H13BrFNO2S. The van der Waals surface area contributed by atoms with Gasteiger partial charge in [0.05, 0.1) is 5.56 Å². The molecule has 0 saturated heterocycles. The van der Waals surface area contributed by atoms with Crippen LogP contribution in [0.2, 0.25) is 0 Å². The fourth-order valence-corrected chi connectivity index (χ4v) is 2.34. The van der Waals surface area contributed by atoms with E-state index in [4.69, 9.17) is 0 Å². The highest BCUT2D eigenvalue weighted by molar-refractivity contribution is 9.10. The Morgan fingerprint density at radius 1 is 1.53 bits per heavy atom. The number of benzene rings is 1. The molecule has 1 rings (SSSR count). The molecule has 0 aliphatic rings. The summed E-state index contributed by atoms with van der Waals surface area (Å²) in [6.45, 7) is 2.18. The Morgan fingerprint density at radius 3 is 2.82 bits per heavy atom. The van der Waals surface area contributed by atoms with Gasteiger partial charge in [0.25, 0.3) is 5.91 Å². The number of hydrogen-bond acceptors (Lipinski definition) is 2. The number of amides is 1. The minimum absolute atomic E-state index is 0.301. The van der Waals surface area contributed by atoms with E-state index in [1.165, 1.54) is 18.2 Å². The van der Waals surface area contributed by atoms with E-state index in [0.29, 0.717) is 28.1 Å². The lowest BCUT2D eigenvalue weighted by molar-refractivity contribution is 0.0955. The summed E-state index contributed by atoms with van der Waals surface area (Å²) >= 11 is 3.12. The standard InChI is InChI=1S/C11H13BrFNO2S/c1-2-17(16)6-5-14-11(15)9-4-3-8(13)7-10(9)12/h3-4,7H,2,5-6H2,1H3,(H,14,15). The number of rotatable bonds is 5. The van der Waals surface area contributed by atoms with Crippen LogP contribution in [0.25, 0.3) is 0 Å². The Hall–Kier alpha value is -0.750. The molecule has 6 heteroatoms. The SMILES string of the molecule is CCS(=O)CCNC(=O)c1ccc(F)cc1Br. The lowest BCUT2D eigenvalue weighted by Crippen LogP contribution is -2.28. The minimum Gasteiger partial charge on any atom is -0.351 e. The molecule has 0 saturated carbocycles. The summed E-state index contributed by atoms with van der Waals surface area (Å²) in [4.78, 5) is 11.7. The van der Waals surface area contributed by atoms with Crippen LogP contribution in [0.1, 0.15) is 17.3 Å². The summed E-state index contributed by atoms with van der Waals surface area (Å²) in [7, 11) is -0.895. The first kappa shape index (κ1) is 14.3. The molecule has 0 heterocycles. The fraction of sp³-hybridized carbons (Fsp3) is 0.364. The van der Waals surface area contributed by atoms with Crippen LogP contribution in [0, 0.1) is 5.82 Å². The van der Waals surface area contributed by atoms with Crippen LogP contribution in [0.3, 0.4) is 0 Å². The molecule has 1 N–H and O–H groups in total. The van der Waals surface area contributed by atoms with Gasteiger partial charge >= 0.3 is 0 Å². The molecule has 0 bridgehead atoms. The lowest BCUT2D eigenvalue weighted by atomic mass is 10.2. The van der Waals surface area contributed by atoms with Gasteiger partial charge in [-0.15, -0.1) is 0 Å². The molecule has 1 aromatic carbocycles. The van der Waals surface area contributed by atoms with Crippen molar-refractivity contribution in [1.29, 1.82) is 0 Å². The normalized spacial score (nSPS) is 12.2. The van der Waals surface area contributed by atoms with Gasteiger partial charge in [0.2, 0.25) is 0 Å². The van der Waals surface area contributed by atoms with E-state index in [1.807, 2.05) is 6.92 Å². The van der Waals surface area contributed by atoms with Crippen molar-refractivity contribution in [2.24, 2.45) is 0 Å². The maximum absolute atomic E-state index is 12.8. The van der Waals surface area contributed by atoms with Crippen molar-refractivity contribution >= 4 is 32.6 Å². The zero-order valence-corrected chi connectivity index (χ0v) is 11.7. The average Bonchev–Trinajstić information content (AvgIpc) is 2.28. The van der Waals surface area contributed by atoms with Gasteiger partial charge in [-0.25, -0.2) is 4.39 Å². The molecule has 0 radical (unpaired) electrons. The monoisotopic (exact) mass is 321 g/mol. The molecule has 0 aromatic heterocycles. The van der Waals surface area contributed by atoms with Crippen LogP contribution in [0.4, 0.5) is 4.39 Å². The molecule has 0 aliphatic carbocycles. The molecule has 1 unspecified atom stereocenters. The predicted octanol–water partition coefficient (Wildman–Crippen LogP) is 2.09. The Kier molecular flexibility index (Phi) is 5.77. The van der Waals surface area contributed by atoms with Crippen LogP contribution < -0.4 is 5.32 Å². The van der Waals surface area contributed by atoms with Gasteiger partial charge in [-0.3, -0.25) is 9.00 Å². The van der Waals surface area contributed by atoms with E-state index in [0.717, 1.165) is 0 Å². The van der Waals surface area contributed by atoms with Gasteiger partial charge in [0.1, 0.15) is 5.82 Å². The van der Waals surface area contributed by atoms with Gasteiger partial charge in [-0.05, 0) is 34.1 Å². The Bertz CT molecular complexity index is 439. The second-order valence-corrected chi connectivity index (χ2v) is 6.03. The highest BCUT2D eigenvalue weighted by Gasteiger charge is 2.10. The minimum atomic E-state index is -0.895. The maximum Gasteiger partial charge on any atom is 0.252 e.